The van der Waals surface area contributed by atoms with Crippen LogP contribution in [0.4, 0.5) is 11.4 Å². The van der Waals surface area contributed by atoms with Crippen molar-refractivity contribution in [3.05, 3.63) is 94.7 Å². The number of likely N-dealkylation sites (N-methyl/N-ethyl adjacent to an activating group) is 1. The molecule has 2 aromatic carbocycles. The van der Waals surface area contributed by atoms with Crippen LogP contribution >= 0.6 is 0 Å². The van der Waals surface area contributed by atoms with Crippen molar-refractivity contribution in [2.75, 3.05) is 18.0 Å². The van der Waals surface area contributed by atoms with Crippen LogP contribution in [0.3, 0.4) is 0 Å². The third-order valence-corrected chi connectivity index (χ3v) is 11.8. The summed E-state index contributed by atoms with van der Waals surface area (Å²) in [4.78, 5) is 12.9. The Kier molecular flexibility index (Phi) is 10.5. The van der Waals surface area contributed by atoms with Gasteiger partial charge in [-0.05, 0) is 106 Å². The summed E-state index contributed by atoms with van der Waals surface area (Å²) in [5, 5.41) is 9.04. The number of carboxylic acid groups (broad SMARTS) is 1. The van der Waals surface area contributed by atoms with Crippen molar-refractivity contribution in [3.8, 4) is 0 Å². The number of carbonyl (C=O) groups is 1. The molecule has 2 aromatic rings. The number of allylic oxidation sites excluding steroid dienone is 8. The number of hydrogen-bond donors (Lipinski definition) is 3. The van der Waals surface area contributed by atoms with Crippen LogP contribution in [0.2, 0.25) is 0 Å². The third kappa shape index (κ3) is 7.58. The van der Waals surface area contributed by atoms with E-state index in [1.165, 1.54) is 12.1 Å². The fourth-order valence-corrected chi connectivity index (χ4v) is 8.46. The van der Waals surface area contributed by atoms with Gasteiger partial charge in [-0.25, -0.2) is 0 Å². The summed E-state index contributed by atoms with van der Waals surface area (Å²) < 4.78 is 69.4. The molecule has 268 valence electrons. The van der Waals surface area contributed by atoms with Crippen LogP contribution in [-0.2, 0) is 35.9 Å². The van der Waals surface area contributed by atoms with Gasteiger partial charge < -0.3 is 10.0 Å². The summed E-state index contributed by atoms with van der Waals surface area (Å²) in [7, 11) is -8.71. The van der Waals surface area contributed by atoms with Crippen molar-refractivity contribution in [3.63, 3.8) is 0 Å². The van der Waals surface area contributed by atoms with E-state index in [0.29, 0.717) is 19.5 Å². The second-order valence-electron chi connectivity index (χ2n) is 14.2. The van der Waals surface area contributed by atoms with Gasteiger partial charge >= 0.3 is 5.97 Å². The van der Waals surface area contributed by atoms with Crippen molar-refractivity contribution in [2.24, 2.45) is 0 Å². The van der Waals surface area contributed by atoms with E-state index in [-0.39, 0.29) is 16.2 Å². The molecule has 0 spiro atoms. The Hall–Kier alpha value is -3.84. The fraction of sp³-hybridized carbons (Fsp3) is 0.421. The van der Waals surface area contributed by atoms with Crippen molar-refractivity contribution < 1.29 is 40.4 Å². The molecule has 0 unspecified atom stereocenters. The Labute approximate surface area is 295 Å². The minimum absolute atomic E-state index is 0.117. The highest BCUT2D eigenvalue weighted by molar-refractivity contribution is 7.86. The normalized spacial score (nSPS) is 20.1. The molecule has 0 saturated carbocycles. The predicted octanol–water partition coefficient (Wildman–Crippen LogP) is 7.50. The van der Waals surface area contributed by atoms with E-state index in [2.05, 4.69) is 60.6 Å². The molecule has 50 heavy (non-hydrogen) atoms. The summed E-state index contributed by atoms with van der Waals surface area (Å²) in [6.45, 7) is 11.6. The van der Waals surface area contributed by atoms with Gasteiger partial charge in [0.2, 0.25) is 5.69 Å². The summed E-state index contributed by atoms with van der Waals surface area (Å²) in [5.41, 5.74) is 6.72. The van der Waals surface area contributed by atoms with E-state index >= 15 is 0 Å². The first kappa shape index (κ1) is 37.4. The number of rotatable bonds is 12. The molecular formula is C38H47N2O8S2+. The number of unbranched alkanes of at least 4 members (excludes halogenated alkanes) is 2. The lowest BCUT2D eigenvalue weighted by Crippen LogP contribution is -2.28. The first-order valence-electron chi connectivity index (χ1n) is 17.0. The summed E-state index contributed by atoms with van der Waals surface area (Å²) in [6, 6.07) is 9.45. The SMILES string of the molecule is CCN1/C(=C/C=C2C=C(/C=C/C3=[N+](CCCCCC(=O)O)c4ccc(S(=O)(=O)O)cc4C3(C)C)CCC/2)C(C)(C)c2cc(S(=O)(=O)O)ccc21. The standard InChI is InChI=1S/C38H46N2O8S2/c1-6-39-32-18-16-28(49(43,44)45)24-30(32)37(2,3)34(39)20-14-26-11-10-12-27(23-26)15-21-35-38(4,5)31-25-29(50(46,47)48)17-19-33(31)40(35)22-9-7-8-13-36(41)42/h14-21,23-25H,6-13,22H2,1-5H3,(H2-,41,42,43,44,45,46,47,48)/p+1. The summed E-state index contributed by atoms with van der Waals surface area (Å²) >= 11 is 0. The number of benzene rings is 2. The molecule has 0 atom stereocenters. The molecule has 0 saturated heterocycles. The van der Waals surface area contributed by atoms with Crippen LogP contribution in [0.15, 0.2) is 93.4 Å². The molecule has 10 nitrogen and oxygen atoms in total. The zero-order valence-corrected chi connectivity index (χ0v) is 30.9. The Morgan fingerprint density at radius 3 is 2.16 bits per heavy atom. The van der Waals surface area contributed by atoms with Gasteiger partial charge in [-0.15, -0.1) is 0 Å². The zero-order valence-electron chi connectivity index (χ0n) is 29.3. The monoisotopic (exact) mass is 723 g/mol. The first-order chi connectivity index (χ1) is 23.4. The second-order valence-corrected chi connectivity index (χ2v) is 17.1. The molecule has 2 aliphatic heterocycles. The highest BCUT2D eigenvalue weighted by atomic mass is 32.2. The third-order valence-electron chi connectivity index (χ3n) is 10.1. The molecule has 12 heteroatoms. The number of nitrogens with zero attached hydrogens (tertiary/aromatic N) is 2. The molecule has 1 aliphatic carbocycles. The quantitative estimate of drug-likeness (QED) is 0.115. The van der Waals surface area contributed by atoms with E-state index < -0.39 is 37.0 Å². The molecule has 0 aromatic heterocycles. The van der Waals surface area contributed by atoms with Crippen molar-refractivity contribution in [1.29, 1.82) is 0 Å². The van der Waals surface area contributed by atoms with Gasteiger partial charge in [0.15, 0.2) is 5.71 Å². The Balaban J connectivity index is 1.46. The number of fused-ring (bicyclic) bond motifs is 2. The first-order valence-corrected chi connectivity index (χ1v) is 19.9. The van der Waals surface area contributed by atoms with E-state index in [1.807, 2.05) is 13.8 Å². The molecular weight excluding hydrogens is 677 g/mol. The highest BCUT2D eigenvalue weighted by Crippen LogP contribution is 2.48. The smallest absolute Gasteiger partial charge is 0.303 e. The predicted molar refractivity (Wildman–Crippen MR) is 195 cm³/mol. The number of aliphatic carboxylic acids is 1. The molecule has 3 N–H and O–H groups in total. The lowest BCUT2D eigenvalue weighted by molar-refractivity contribution is -0.438. The van der Waals surface area contributed by atoms with Crippen LogP contribution in [-0.4, -0.2) is 60.4 Å². The van der Waals surface area contributed by atoms with Gasteiger partial charge in [0, 0.05) is 53.9 Å². The molecule has 0 bridgehead atoms. The van der Waals surface area contributed by atoms with Crippen molar-refractivity contribution in [1.82, 2.24) is 0 Å². The average molecular weight is 724 g/mol. The van der Waals surface area contributed by atoms with Gasteiger partial charge in [-0.3, -0.25) is 13.9 Å². The number of hydrogen-bond acceptors (Lipinski definition) is 6. The van der Waals surface area contributed by atoms with E-state index in [1.54, 1.807) is 24.3 Å². The molecule has 3 aliphatic rings. The van der Waals surface area contributed by atoms with E-state index in [9.17, 15) is 30.7 Å². The Morgan fingerprint density at radius 2 is 1.52 bits per heavy atom. The number of carboxylic acids is 1. The summed E-state index contributed by atoms with van der Waals surface area (Å²) in [6.07, 6.45) is 15.6. The van der Waals surface area contributed by atoms with Crippen LogP contribution in [0, 0.1) is 0 Å². The second kappa shape index (κ2) is 14.1. The molecule has 0 amide bonds. The van der Waals surface area contributed by atoms with Gasteiger partial charge in [0.25, 0.3) is 20.2 Å². The maximum absolute atomic E-state index is 12.0. The minimum atomic E-state index is -4.38. The fourth-order valence-electron chi connectivity index (χ4n) is 7.45. The van der Waals surface area contributed by atoms with Gasteiger partial charge in [-0.1, -0.05) is 32.1 Å². The lowest BCUT2D eigenvalue weighted by Gasteiger charge is -2.26. The van der Waals surface area contributed by atoms with Crippen molar-refractivity contribution >= 4 is 43.3 Å². The van der Waals surface area contributed by atoms with Gasteiger partial charge in [0.05, 0.1) is 15.2 Å². The summed E-state index contributed by atoms with van der Waals surface area (Å²) in [5.74, 6) is -0.815. The molecule has 5 rings (SSSR count). The zero-order chi connectivity index (χ0) is 36.6. The average Bonchev–Trinajstić information content (AvgIpc) is 3.39. The van der Waals surface area contributed by atoms with Crippen molar-refractivity contribution in [2.45, 2.75) is 100 Å². The maximum atomic E-state index is 12.0. The Bertz CT molecular complexity index is 2080. The van der Waals surface area contributed by atoms with Crippen LogP contribution in [0.25, 0.3) is 0 Å². The van der Waals surface area contributed by atoms with Gasteiger partial charge in [-0.2, -0.15) is 21.4 Å². The van der Waals surface area contributed by atoms with E-state index in [0.717, 1.165) is 77.2 Å². The maximum Gasteiger partial charge on any atom is 0.303 e. The van der Waals surface area contributed by atoms with E-state index in [4.69, 9.17) is 5.11 Å². The van der Waals surface area contributed by atoms with Crippen LogP contribution in [0.1, 0.15) is 90.7 Å². The highest BCUT2D eigenvalue weighted by Gasteiger charge is 2.45. The van der Waals surface area contributed by atoms with Gasteiger partial charge in [0.1, 0.15) is 6.54 Å². The Morgan fingerprint density at radius 1 is 0.860 bits per heavy atom. The molecule has 2 heterocycles. The lowest BCUT2D eigenvalue weighted by atomic mass is 9.81. The topological polar surface area (TPSA) is 152 Å². The van der Waals surface area contributed by atoms with Crippen LogP contribution < -0.4 is 4.90 Å². The molecule has 0 radical (unpaired) electrons. The number of anilines is 1. The van der Waals surface area contributed by atoms with Crippen LogP contribution in [0.5, 0.6) is 0 Å². The minimum Gasteiger partial charge on any atom is -0.481 e. The largest absolute Gasteiger partial charge is 0.481 e. The molecule has 0 fully saturated rings.